The van der Waals surface area contributed by atoms with Crippen molar-refractivity contribution in [2.45, 2.75) is 12.8 Å². The van der Waals surface area contributed by atoms with Gasteiger partial charge in [-0.2, -0.15) is 0 Å². The molecule has 1 saturated heterocycles. The van der Waals surface area contributed by atoms with E-state index in [1.165, 1.54) is 12.1 Å². The lowest BCUT2D eigenvalue weighted by atomic mass is 9.91. The molecule has 5 nitrogen and oxygen atoms in total. The Morgan fingerprint density at radius 1 is 1.06 bits per heavy atom. The molecule has 1 N–H and O–H groups in total. The van der Waals surface area contributed by atoms with Crippen molar-refractivity contribution in [1.29, 1.82) is 0 Å². The summed E-state index contributed by atoms with van der Waals surface area (Å²) in [6, 6.07) is 21.8. The van der Waals surface area contributed by atoms with Gasteiger partial charge in [-0.15, -0.1) is 0 Å². The molecule has 4 rings (SSSR count). The maximum atomic E-state index is 13.5. The molecule has 0 bridgehead atoms. The number of hydrogen-bond acceptors (Lipinski definition) is 3. The standard InChI is InChI=1S/C27H27FN2O3/c1-33-25-12-5-4-11-24(25)23-10-3-2-8-20(23)17-21-18-30(14-13-29-27(21)32)26(31)16-19-7-6-9-22(28)15-19/h2-12,15,21H,13-14,16-18H2,1H3,(H,29,32). The summed E-state index contributed by atoms with van der Waals surface area (Å²) >= 11 is 0. The van der Waals surface area contributed by atoms with E-state index in [9.17, 15) is 14.0 Å². The van der Waals surface area contributed by atoms with E-state index in [2.05, 4.69) is 5.32 Å². The lowest BCUT2D eigenvalue weighted by molar-refractivity contribution is -0.131. The molecule has 0 spiro atoms. The fraction of sp³-hybridized carbons (Fsp3) is 0.259. The molecular weight excluding hydrogens is 419 g/mol. The zero-order valence-electron chi connectivity index (χ0n) is 18.6. The van der Waals surface area contributed by atoms with E-state index < -0.39 is 0 Å². The number of carbonyl (C=O) groups is 2. The van der Waals surface area contributed by atoms with Gasteiger partial charge < -0.3 is 15.0 Å². The number of para-hydroxylation sites is 1. The number of carbonyl (C=O) groups excluding carboxylic acids is 2. The second kappa shape index (κ2) is 10.3. The van der Waals surface area contributed by atoms with Gasteiger partial charge in [-0.1, -0.05) is 54.6 Å². The van der Waals surface area contributed by atoms with Crippen LogP contribution in [0.5, 0.6) is 5.75 Å². The lowest BCUT2D eigenvalue weighted by Gasteiger charge is -2.24. The predicted molar refractivity (Wildman–Crippen MR) is 125 cm³/mol. The fourth-order valence-corrected chi connectivity index (χ4v) is 4.31. The summed E-state index contributed by atoms with van der Waals surface area (Å²) in [5.74, 6) is -0.160. The van der Waals surface area contributed by atoms with Gasteiger partial charge in [-0.3, -0.25) is 9.59 Å². The summed E-state index contributed by atoms with van der Waals surface area (Å²) in [5.41, 5.74) is 3.61. The van der Waals surface area contributed by atoms with Gasteiger partial charge in [-0.05, 0) is 41.3 Å². The minimum absolute atomic E-state index is 0.0640. The summed E-state index contributed by atoms with van der Waals surface area (Å²) in [5, 5.41) is 2.94. The Kier molecular flexibility index (Phi) is 7.03. The van der Waals surface area contributed by atoms with Crippen LogP contribution in [0.3, 0.4) is 0 Å². The molecule has 0 saturated carbocycles. The molecule has 1 unspecified atom stereocenters. The number of amides is 2. The first-order valence-corrected chi connectivity index (χ1v) is 11.1. The van der Waals surface area contributed by atoms with Crippen molar-refractivity contribution >= 4 is 11.8 Å². The third-order valence-electron chi connectivity index (χ3n) is 5.97. The molecule has 1 atom stereocenters. The van der Waals surface area contributed by atoms with Crippen molar-refractivity contribution in [3.05, 3.63) is 89.7 Å². The summed E-state index contributed by atoms with van der Waals surface area (Å²) in [4.78, 5) is 27.5. The summed E-state index contributed by atoms with van der Waals surface area (Å²) in [6.45, 7) is 1.16. The van der Waals surface area contributed by atoms with E-state index in [1.54, 1.807) is 24.1 Å². The van der Waals surface area contributed by atoms with Crippen molar-refractivity contribution in [3.8, 4) is 16.9 Å². The number of nitrogens with one attached hydrogen (secondary N) is 1. The number of nitrogens with zero attached hydrogens (tertiary/aromatic N) is 1. The number of methoxy groups -OCH3 is 1. The van der Waals surface area contributed by atoms with Gasteiger partial charge in [0, 0.05) is 25.2 Å². The third-order valence-corrected chi connectivity index (χ3v) is 5.97. The summed E-state index contributed by atoms with van der Waals surface area (Å²) < 4.78 is 19.1. The topological polar surface area (TPSA) is 58.6 Å². The largest absolute Gasteiger partial charge is 0.496 e. The van der Waals surface area contributed by atoms with Crippen LogP contribution in [0, 0.1) is 11.7 Å². The minimum atomic E-state index is -0.389. The molecule has 3 aromatic carbocycles. The van der Waals surface area contributed by atoms with Crippen LogP contribution >= 0.6 is 0 Å². The number of benzene rings is 3. The molecule has 1 aliphatic heterocycles. The van der Waals surface area contributed by atoms with Gasteiger partial charge >= 0.3 is 0 Å². The number of rotatable bonds is 6. The average molecular weight is 447 g/mol. The second-order valence-corrected chi connectivity index (χ2v) is 8.20. The first-order valence-electron chi connectivity index (χ1n) is 11.1. The van der Waals surface area contributed by atoms with Crippen LogP contribution in [0.1, 0.15) is 11.1 Å². The molecule has 2 amide bonds. The summed E-state index contributed by atoms with van der Waals surface area (Å²) in [6.07, 6.45) is 0.597. The highest BCUT2D eigenvalue weighted by atomic mass is 19.1. The van der Waals surface area contributed by atoms with Crippen LogP contribution in [0.2, 0.25) is 0 Å². The quantitative estimate of drug-likeness (QED) is 0.626. The van der Waals surface area contributed by atoms with Crippen LogP contribution in [0.15, 0.2) is 72.8 Å². The molecule has 1 fully saturated rings. The van der Waals surface area contributed by atoms with E-state index in [1.807, 2.05) is 48.5 Å². The van der Waals surface area contributed by atoms with Crippen LogP contribution in [-0.4, -0.2) is 43.5 Å². The SMILES string of the molecule is COc1ccccc1-c1ccccc1CC1CN(C(=O)Cc2cccc(F)c2)CCNC1=O. The predicted octanol–water partition coefficient (Wildman–Crippen LogP) is 3.86. The third kappa shape index (κ3) is 5.40. The van der Waals surface area contributed by atoms with E-state index in [-0.39, 0.29) is 30.0 Å². The highest BCUT2D eigenvalue weighted by molar-refractivity contribution is 5.83. The highest BCUT2D eigenvalue weighted by Crippen LogP contribution is 2.33. The van der Waals surface area contributed by atoms with Crippen LogP contribution < -0.4 is 10.1 Å². The molecular formula is C27H27FN2O3. The van der Waals surface area contributed by atoms with E-state index in [0.29, 0.717) is 31.6 Å². The first-order chi connectivity index (χ1) is 16.0. The van der Waals surface area contributed by atoms with Crippen molar-refractivity contribution in [3.63, 3.8) is 0 Å². The molecule has 1 heterocycles. The smallest absolute Gasteiger partial charge is 0.227 e. The normalized spacial score (nSPS) is 16.1. The molecule has 6 heteroatoms. The lowest BCUT2D eigenvalue weighted by Crippen LogP contribution is -2.38. The molecule has 0 radical (unpaired) electrons. The van der Waals surface area contributed by atoms with Crippen molar-refractivity contribution < 1.29 is 18.7 Å². The van der Waals surface area contributed by atoms with Crippen molar-refractivity contribution in [2.75, 3.05) is 26.7 Å². The van der Waals surface area contributed by atoms with Crippen molar-refractivity contribution in [1.82, 2.24) is 10.2 Å². The molecule has 0 aromatic heterocycles. The van der Waals surface area contributed by atoms with Gasteiger partial charge in [0.2, 0.25) is 11.8 Å². The Labute approximate surface area is 193 Å². The van der Waals surface area contributed by atoms with Gasteiger partial charge in [-0.25, -0.2) is 4.39 Å². The number of hydrogen-bond donors (Lipinski definition) is 1. The number of halogens is 1. The molecule has 3 aromatic rings. The van der Waals surface area contributed by atoms with E-state index in [4.69, 9.17) is 4.74 Å². The van der Waals surface area contributed by atoms with Crippen LogP contribution in [0.25, 0.3) is 11.1 Å². The highest BCUT2D eigenvalue weighted by Gasteiger charge is 2.28. The van der Waals surface area contributed by atoms with Crippen molar-refractivity contribution in [2.24, 2.45) is 5.92 Å². The average Bonchev–Trinajstić information content (AvgIpc) is 3.01. The Bertz CT molecular complexity index is 1150. The van der Waals surface area contributed by atoms with Gasteiger partial charge in [0.05, 0.1) is 19.4 Å². The molecule has 1 aliphatic rings. The van der Waals surface area contributed by atoms with Gasteiger partial charge in [0.25, 0.3) is 0 Å². The van der Waals surface area contributed by atoms with E-state index >= 15 is 0 Å². The minimum Gasteiger partial charge on any atom is -0.496 e. The maximum absolute atomic E-state index is 13.5. The Morgan fingerprint density at radius 2 is 1.82 bits per heavy atom. The number of ether oxygens (including phenoxy) is 1. The molecule has 170 valence electrons. The second-order valence-electron chi connectivity index (χ2n) is 8.20. The Morgan fingerprint density at radius 3 is 2.61 bits per heavy atom. The van der Waals surface area contributed by atoms with Crippen LogP contribution in [0.4, 0.5) is 4.39 Å². The Balaban J connectivity index is 1.55. The van der Waals surface area contributed by atoms with Gasteiger partial charge in [0.1, 0.15) is 11.6 Å². The molecule has 33 heavy (non-hydrogen) atoms. The maximum Gasteiger partial charge on any atom is 0.227 e. The van der Waals surface area contributed by atoms with E-state index in [0.717, 1.165) is 22.4 Å². The molecule has 0 aliphatic carbocycles. The fourth-order valence-electron chi connectivity index (χ4n) is 4.31. The van der Waals surface area contributed by atoms with Gasteiger partial charge in [0.15, 0.2) is 0 Å². The van der Waals surface area contributed by atoms with Crippen LogP contribution in [-0.2, 0) is 22.4 Å². The summed E-state index contributed by atoms with van der Waals surface area (Å²) in [7, 11) is 1.64. The zero-order chi connectivity index (χ0) is 23.2. The first kappa shape index (κ1) is 22.5. The monoisotopic (exact) mass is 446 g/mol. The Hall–Kier alpha value is -3.67. The zero-order valence-corrected chi connectivity index (χ0v) is 18.6.